The van der Waals surface area contributed by atoms with Gasteiger partial charge in [0.2, 0.25) is 0 Å². The summed E-state index contributed by atoms with van der Waals surface area (Å²) >= 11 is 0. The maximum absolute atomic E-state index is 12.0. The van der Waals surface area contributed by atoms with Crippen LogP contribution >= 0.6 is 0 Å². The van der Waals surface area contributed by atoms with Gasteiger partial charge in [0.25, 0.3) is 6.43 Å². The van der Waals surface area contributed by atoms with Gasteiger partial charge in [0.05, 0.1) is 0 Å². The number of benzene rings is 1. The molecular formula is C16H25F2NO. The Balaban J connectivity index is 2.53. The van der Waals surface area contributed by atoms with E-state index in [9.17, 15) is 8.78 Å². The van der Waals surface area contributed by atoms with Crippen LogP contribution in [-0.2, 0) is 11.2 Å². The summed E-state index contributed by atoms with van der Waals surface area (Å²) in [6.07, 6.45) is 0.380. The van der Waals surface area contributed by atoms with E-state index in [2.05, 4.69) is 43.4 Å². The maximum Gasteiger partial charge on any atom is 0.261 e. The Hall–Kier alpha value is -1.00. The number of hydrogen-bond acceptors (Lipinski definition) is 2. The van der Waals surface area contributed by atoms with E-state index < -0.39 is 13.0 Å². The summed E-state index contributed by atoms with van der Waals surface area (Å²) in [7, 11) is 0. The highest BCUT2D eigenvalue weighted by molar-refractivity contribution is 5.25. The van der Waals surface area contributed by atoms with Crippen molar-refractivity contribution in [1.29, 1.82) is 0 Å². The second kappa shape index (κ2) is 9.83. The molecule has 0 aliphatic carbocycles. The van der Waals surface area contributed by atoms with Crippen molar-refractivity contribution in [3.8, 4) is 0 Å². The molecule has 1 rings (SSSR count). The lowest BCUT2D eigenvalue weighted by Gasteiger charge is -2.19. The third-order valence-corrected chi connectivity index (χ3v) is 3.23. The van der Waals surface area contributed by atoms with Gasteiger partial charge >= 0.3 is 0 Å². The van der Waals surface area contributed by atoms with Crippen molar-refractivity contribution in [3.05, 3.63) is 35.4 Å². The molecule has 114 valence electrons. The standard InChI is InChI=1S/C16H25F2NO/c1-3-10-19-15(9-11-20-12-16(17)18)14-7-5-13(4-2)6-8-14/h5-8,15-16,19H,3-4,9-12H2,1-2H3. The van der Waals surface area contributed by atoms with Crippen molar-refractivity contribution in [2.75, 3.05) is 19.8 Å². The first-order valence-electron chi connectivity index (χ1n) is 7.35. The van der Waals surface area contributed by atoms with Crippen molar-refractivity contribution in [1.82, 2.24) is 5.32 Å². The highest BCUT2D eigenvalue weighted by atomic mass is 19.3. The molecule has 0 aliphatic heterocycles. The molecule has 1 aromatic rings. The lowest BCUT2D eigenvalue weighted by Crippen LogP contribution is -2.24. The van der Waals surface area contributed by atoms with Crippen LogP contribution in [0.15, 0.2) is 24.3 Å². The highest BCUT2D eigenvalue weighted by Crippen LogP contribution is 2.18. The first kappa shape index (κ1) is 17.1. The number of ether oxygens (including phenoxy) is 1. The van der Waals surface area contributed by atoms with Gasteiger partial charge in [0.15, 0.2) is 0 Å². The summed E-state index contributed by atoms with van der Waals surface area (Å²) in [5.41, 5.74) is 2.49. The Labute approximate surface area is 120 Å². The Morgan fingerprint density at radius 2 is 1.85 bits per heavy atom. The van der Waals surface area contributed by atoms with E-state index >= 15 is 0 Å². The summed E-state index contributed by atoms with van der Waals surface area (Å²) in [6, 6.07) is 8.63. The van der Waals surface area contributed by atoms with Crippen LogP contribution in [0.5, 0.6) is 0 Å². The van der Waals surface area contributed by atoms with E-state index in [4.69, 9.17) is 4.74 Å². The molecule has 0 fully saturated rings. The predicted octanol–water partition coefficient (Wildman–Crippen LogP) is 3.96. The molecule has 0 bridgehead atoms. The molecule has 1 unspecified atom stereocenters. The van der Waals surface area contributed by atoms with Crippen LogP contribution in [0, 0.1) is 0 Å². The van der Waals surface area contributed by atoms with Crippen LogP contribution in [0.4, 0.5) is 8.78 Å². The number of hydrogen-bond donors (Lipinski definition) is 1. The van der Waals surface area contributed by atoms with Crippen molar-refractivity contribution >= 4 is 0 Å². The van der Waals surface area contributed by atoms with Gasteiger partial charge in [-0.2, -0.15) is 0 Å². The minimum atomic E-state index is -2.39. The van der Waals surface area contributed by atoms with Crippen LogP contribution in [0.3, 0.4) is 0 Å². The van der Waals surface area contributed by atoms with E-state index in [-0.39, 0.29) is 6.04 Å². The van der Waals surface area contributed by atoms with Gasteiger partial charge in [0, 0.05) is 12.6 Å². The van der Waals surface area contributed by atoms with Gasteiger partial charge < -0.3 is 10.1 Å². The van der Waals surface area contributed by atoms with Crippen LogP contribution < -0.4 is 5.32 Å². The number of halogens is 2. The normalized spacial score (nSPS) is 12.8. The zero-order valence-electron chi connectivity index (χ0n) is 12.4. The zero-order chi connectivity index (χ0) is 14.8. The number of aryl methyl sites for hydroxylation is 1. The van der Waals surface area contributed by atoms with Crippen molar-refractivity contribution in [2.24, 2.45) is 0 Å². The molecule has 0 aliphatic rings. The van der Waals surface area contributed by atoms with Crippen LogP contribution in [0.2, 0.25) is 0 Å². The van der Waals surface area contributed by atoms with Gasteiger partial charge in [0.1, 0.15) is 6.61 Å². The molecule has 0 radical (unpaired) electrons. The topological polar surface area (TPSA) is 21.3 Å². The fourth-order valence-corrected chi connectivity index (χ4v) is 2.06. The minimum Gasteiger partial charge on any atom is -0.375 e. The molecule has 1 aromatic carbocycles. The molecule has 0 aromatic heterocycles. The van der Waals surface area contributed by atoms with Gasteiger partial charge in [-0.3, -0.25) is 0 Å². The summed E-state index contributed by atoms with van der Waals surface area (Å²) < 4.78 is 29.0. The molecule has 0 saturated carbocycles. The van der Waals surface area contributed by atoms with Crippen LogP contribution in [-0.4, -0.2) is 26.2 Å². The number of rotatable bonds is 10. The summed E-state index contributed by atoms with van der Waals surface area (Å²) in [5, 5.41) is 3.44. The molecule has 20 heavy (non-hydrogen) atoms. The summed E-state index contributed by atoms with van der Waals surface area (Å²) in [6.45, 7) is 5.02. The van der Waals surface area contributed by atoms with Crippen molar-refractivity contribution in [3.63, 3.8) is 0 Å². The van der Waals surface area contributed by atoms with E-state index in [1.807, 2.05) is 0 Å². The fraction of sp³-hybridized carbons (Fsp3) is 0.625. The molecule has 1 atom stereocenters. The molecule has 0 saturated heterocycles. The largest absolute Gasteiger partial charge is 0.375 e. The first-order valence-corrected chi connectivity index (χ1v) is 7.35. The zero-order valence-corrected chi connectivity index (χ0v) is 12.4. The molecule has 0 amide bonds. The maximum atomic E-state index is 12.0. The Kier molecular flexibility index (Phi) is 8.38. The second-order valence-electron chi connectivity index (χ2n) is 4.86. The molecular weight excluding hydrogens is 260 g/mol. The Bertz CT molecular complexity index is 354. The third kappa shape index (κ3) is 6.44. The average Bonchev–Trinajstić information content (AvgIpc) is 2.46. The van der Waals surface area contributed by atoms with E-state index in [1.54, 1.807) is 0 Å². The quantitative estimate of drug-likeness (QED) is 0.657. The molecule has 2 nitrogen and oxygen atoms in total. The number of alkyl halides is 2. The van der Waals surface area contributed by atoms with Crippen molar-refractivity contribution < 1.29 is 13.5 Å². The van der Waals surface area contributed by atoms with Gasteiger partial charge in [-0.1, -0.05) is 38.1 Å². The SMILES string of the molecule is CCCNC(CCOCC(F)F)c1ccc(CC)cc1. The Morgan fingerprint density at radius 3 is 2.40 bits per heavy atom. The molecule has 0 heterocycles. The monoisotopic (exact) mass is 285 g/mol. The van der Waals surface area contributed by atoms with Crippen LogP contribution in [0.25, 0.3) is 0 Å². The lowest BCUT2D eigenvalue weighted by atomic mass is 10.0. The van der Waals surface area contributed by atoms with Crippen molar-refractivity contribution in [2.45, 2.75) is 45.6 Å². The smallest absolute Gasteiger partial charge is 0.261 e. The minimum absolute atomic E-state index is 0.165. The predicted molar refractivity (Wildman–Crippen MR) is 78.3 cm³/mol. The van der Waals surface area contributed by atoms with Gasteiger partial charge in [-0.25, -0.2) is 8.78 Å². The molecule has 4 heteroatoms. The van der Waals surface area contributed by atoms with Gasteiger partial charge in [-0.05, 0) is 36.9 Å². The summed E-state index contributed by atoms with van der Waals surface area (Å²) in [4.78, 5) is 0. The number of nitrogens with one attached hydrogen (secondary N) is 1. The highest BCUT2D eigenvalue weighted by Gasteiger charge is 2.11. The third-order valence-electron chi connectivity index (χ3n) is 3.23. The summed E-state index contributed by atoms with van der Waals surface area (Å²) in [5.74, 6) is 0. The van der Waals surface area contributed by atoms with Crippen LogP contribution in [0.1, 0.15) is 43.9 Å². The Morgan fingerprint density at radius 1 is 1.15 bits per heavy atom. The van der Waals surface area contributed by atoms with E-state index in [0.717, 1.165) is 19.4 Å². The van der Waals surface area contributed by atoms with Gasteiger partial charge in [-0.15, -0.1) is 0 Å². The first-order chi connectivity index (χ1) is 9.67. The second-order valence-corrected chi connectivity index (χ2v) is 4.86. The van der Waals surface area contributed by atoms with E-state index in [0.29, 0.717) is 13.0 Å². The molecule has 1 N–H and O–H groups in total. The molecule has 0 spiro atoms. The fourth-order valence-electron chi connectivity index (χ4n) is 2.06. The average molecular weight is 285 g/mol. The lowest BCUT2D eigenvalue weighted by molar-refractivity contribution is 0.0143. The van der Waals surface area contributed by atoms with E-state index in [1.165, 1.54) is 11.1 Å².